The lowest BCUT2D eigenvalue weighted by Crippen LogP contribution is -2.54. The second-order valence-electron chi connectivity index (χ2n) is 5.19. The average molecular weight is 321 g/mol. The molecule has 0 saturated carbocycles. The number of thiazole rings is 1. The third kappa shape index (κ3) is 2.86. The third-order valence-corrected chi connectivity index (χ3v) is 4.80. The molecule has 118 valence electrons. The van der Waals surface area contributed by atoms with Gasteiger partial charge in [-0.25, -0.2) is 4.98 Å². The van der Waals surface area contributed by atoms with Crippen LogP contribution < -0.4 is 15.0 Å². The predicted molar refractivity (Wildman–Crippen MR) is 86.8 cm³/mol. The quantitative estimate of drug-likeness (QED) is 0.817. The van der Waals surface area contributed by atoms with Crippen molar-refractivity contribution in [3.63, 3.8) is 0 Å². The molecule has 0 spiro atoms. The molecular formula is C15H19N3O3S. The van der Waals surface area contributed by atoms with Crippen molar-refractivity contribution < 1.29 is 14.3 Å². The van der Waals surface area contributed by atoms with Crippen LogP contribution >= 0.6 is 11.3 Å². The first kappa shape index (κ1) is 15.1. The van der Waals surface area contributed by atoms with Gasteiger partial charge in [-0.2, -0.15) is 0 Å². The fourth-order valence-corrected chi connectivity index (χ4v) is 3.43. The van der Waals surface area contributed by atoms with Crippen LogP contribution in [0.15, 0.2) is 18.2 Å². The van der Waals surface area contributed by atoms with Crippen molar-refractivity contribution in [1.82, 2.24) is 10.3 Å². The number of methoxy groups -OCH3 is 2. The third-order valence-electron chi connectivity index (χ3n) is 3.72. The molecule has 0 atom stereocenters. The second-order valence-corrected chi connectivity index (χ2v) is 6.20. The van der Waals surface area contributed by atoms with E-state index in [4.69, 9.17) is 9.47 Å². The number of carbonyl (C=O) groups is 1. The number of fused-ring (bicyclic) bond motifs is 1. The molecule has 6 nitrogen and oxygen atoms in total. The van der Waals surface area contributed by atoms with Gasteiger partial charge in [-0.1, -0.05) is 17.4 Å². The Labute approximate surface area is 133 Å². The van der Waals surface area contributed by atoms with Gasteiger partial charge in [0, 0.05) is 26.7 Å². The highest BCUT2D eigenvalue weighted by molar-refractivity contribution is 7.22. The molecule has 3 rings (SSSR count). The van der Waals surface area contributed by atoms with E-state index >= 15 is 0 Å². The molecule has 0 aliphatic carbocycles. The van der Waals surface area contributed by atoms with Gasteiger partial charge in [0.1, 0.15) is 11.3 Å². The minimum absolute atomic E-state index is 0.0331. The first-order chi connectivity index (χ1) is 10.7. The summed E-state index contributed by atoms with van der Waals surface area (Å²) in [5.74, 6) is 0.909. The number of nitrogens with zero attached hydrogens (tertiary/aromatic N) is 2. The molecule has 1 aliphatic rings. The lowest BCUT2D eigenvalue weighted by molar-refractivity contribution is -0.125. The molecule has 1 aromatic heterocycles. The maximum Gasteiger partial charge on any atom is 0.226 e. The molecule has 1 aliphatic heterocycles. The summed E-state index contributed by atoms with van der Waals surface area (Å²) in [5.41, 5.74) is 0.887. The number of amides is 1. The Morgan fingerprint density at radius 2 is 2.27 bits per heavy atom. The van der Waals surface area contributed by atoms with Gasteiger partial charge in [0.05, 0.1) is 24.3 Å². The monoisotopic (exact) mass is 321 g/mol. The van der Waals surface area contributed by atoms with Gasteiger partial charge in [0.15, 0.2) is 5.13 Å². The summed E-state index contributed by atoms with van der Waals surface area (Å²) in [6.45, 7) is 2.52. The largest absolute Gasteiger partial charge is 0.494 e. The summed E-state index contributed by atoms with van der Waals surface area (Å²) in [5, 5.41) is 3.82. The van der Waals surface area contributed by atoms with Gasteiger partial charge in [0.2, 0.25) is 5.91 Å². The van der Waals surface area contributed by atoms with E-state index in [0.29, 0.717) is 26.2 Å². The Hall–Kier alpha value is -1.86. The first-order valence-corrected chi connectivity index (χ1v) is 7.99. The van der Waals surface area contributed by atoms with Crippen molar-refractivity contribution in [3.05, 3.63) is 18.2 Å². The van der Waals surface area contributed by atoms with Crippen LogP contribution in [0.3, 0.4) is 0 Å². The van der Waals surface area contributed by atoms with Gasteiger partial charge in [-0.15, -0.1) is 0 Å². The zero-order valence-corrected chi connectivity index (χ0v) is 13.5. The number of hydrogen-bond donors (Lipinski definition) is 1. The normalized spacial score (nSPS) is 14.9. The van der Waals surface area contributed by atoms with Gasteiger partial charge in [-0.05, 0) is 12.1 Å². The van der Waals surface area contributed by atoms with Crippen molar-refractivity contribution in [2.45, 2.75) is 0 Å². The minimum atomic E-state index is 0.0331. The molecule has 1 saturated heterocycles. The van der Waals surface area contributed by atoms with Crippen LogP contribution in [0.25, 0.3) is 10.2 Å². The number of aromatic nitrogens is 1. The molecule has 1 amide bonds. The summed E-state index contributed by atoms with van der Waals surface area (Å²) in [6.07, 6.45) is 0. The molecule has 7 heteroatoms. The second kappa shape index (κ2) is 6.50. The van der Waals surface area contributed by atoms with E-state index in [1.165, 1.54) is 0 Å². The number of para-hydroxylation sites is 1. The molecule has 0 bridgehead atoms. The van der Waals surface area contributed by atoms with E-state index in [9.17, 15) is 4.79 Å². The lowest BCUT2D eigenvalue weighted by atomic mass is 10.0. The predicted octanol–water partition coefficient (Wildman–Crippen LogP) is 1.50. The Morgan fingerprint density at radius 3 is 3.00 bits per heavy atom. The minimum Gasteiger partial charge on any atom is -0.494 e. The van der Waals surface area contributed by atoms with Crippen LogP contribution in [0.5, 0.6) is 5.75 Å². The van der Waals surface area contributed by atoms with Crippen LogP contribution in [-0.4, -0.2) is 51.4 Å². The topological polar surface area (TPSA) is 63.7 Å². The first-order valence-electron chi connectivity index (χ1n) is 7.18. The Bertz CT molecular complexity index is 667. The Balaban J connectivity index is 1.62. The maximum atomic E-state index is 11.9. The average Bonchev–Trinajstić information content (AvgIpc) is 2.89. The summed E-state index contributed by atoms with van der Waals surface area (Å²) >= 11 is 1.63. The smallest absolute Gasteiger partial charge is 0.226 e. The van der Waals surface area contributed by atoms with Crippen molar-refractivity contribution in [2.75, 3.05) is 45.4 Å². The van der Waals surface area contributed by atoms with Crippen molar-refractivity contribution in [2.24, 2.45) is 5.92 Å². The number of benzene rings is 1. The summed E-state index contributed by atoms with van der Waals surface area (Å²) in [7, 11) is 3.27. The van der Waals surface area contributed by atoms with Gasteiger partial charge in [0.25, 0.3) is 0 Å². The maximum absolute atomic E-state index is 11.9. The molecule has 0 unspecified atom stereocenters. The number of hydrogen-bond acceptors (Lipinski definition) is 6. The summed E-state index contributed by atoms with van der Waals surface area (Å²) in [6, 6.07) is 5.91. The van der Waals surface area contributed by atoms with Crippen molar-refractivity contribution in [1.29, 1.82) is 0 Å². The van der Waals surface area contributed by atoms with Crippen LogP contribution in [0.1, 0.15) is 0 Å². The molecule has 1 fully saturated rings. The van der Waals surface area contributed by atoms with E-state index in [-0.39, 0.29) is 11.8 Å². The number of rotatable bonds is 6. The summed E-state index contributed by atoms with van der Waals surface area (Å²) < 4.78 is 11.4. The van der Waals surface area contributed by atoms with E-state index in [0.717, 1.165) is 21.1 Å². The van der Waals surface area contributed by atoms with Gasteiger partial charge in [-0.3, -0.25) is 4.79 Å². The molecule has 2 aromatic rings. The molecule has 1 N–H and O–H groups in total. The molecule has 1 aromatic carbocycles. The van der Waals surface area contributed by atoms with E-state index < -0.39 is 0 Å². The highest BCUT2D eigenvalue weighted by Gasteiger charge is 2.34. The molecule has 2 heterocycles. The molecule has 22 heavy (non-hydrogen) atoms. The van der Waals surface area contributed by atoms with Crippen LogP contribution in [0.2, 0.25) is 0 Å². The standard InChI is InChI=1S/C15H19N3O3S/c1-20-7-6-16-14(19)10-8-18(9-10)15-17-13-11(21-2)4-3-5-12(13)22-15/h3-5,10H,6-9H2,1-2H3,(H,16,19). The zero-order valence-electron chi connectivity index (χ0n) is 12.7. The SMILES string of the molecule is COCCNC(=O)C1CN(c2nc3c(OC)cccc3s2)C1. The van der Waals surface area contributed by atoms with Crippen LogP contribution in [-0.2, 0) is 9.53 Å². The lowest BCUT2D eigenvalue weighted by Gasteiger charge is -2.37. The fourth-order valence-electron chi connectivity index (χ4n) is 2.43. The van der Waals surface area contributed by atoms with Crippen molar-refractivity contribution >= 4 is 32.6 Å². The van der Waals surface area contributed by atoms with E-state index in [2.05, 4.69) is 15.2 Å². The van der Waals surface area contributed by atoms with Crippen LogP contribution in [0.4, 0.5) is 5.13 Å². The van der Waals surface area contributed by atoms with E-state index in [1.54, 1.807) is 25.6 Å². The summed E-state index contributed by atoms with van der Waals surface area (Å²) in [4.78, 5) is 18.7. The number of ether oxygens (including phenoxy) is 2. The highest BCUT2D eigenvalue weighted by atomic mass is 32.1. The number of carbonyl (C=O) groups excluding carboxylic acids is 1. The molecule has 0 radical (unpaired) electrons. The highest BCUT2D eigenvalue weighted by Crippen LogP contribution is 2.36. The van der Waals surface area contributed by atoms with Gasteiger partial charge < -0.3 is 19.7 Å². The Kier molecular flexibility index (Phi) is 4.44. The van der Waals surface area contributed by atoms with E-state index in [1.807, 2.05) is 18.2 Å². The number of nitrogens with one attached hydrogen (secondary N) is 1. The van der Waals surface area contributed by atoms with Gasteiger partial charge >= 0.3 is 0 Å². The van der Waals surface area contributed by atoms with Crippen LogP contribution in [0, 0.1) is 5.92 Å². The Morgan fingerprint density at radius 1 is 1.45 bits per heavy atom. The van der Waals surface area contributed by atoms with Crippen molar-refractivity contribution in [3.8, 4) is 5.75 Å². The number of anilines is 1. The molecular weight excluding hydrogens is 302 g/mol. The fraction of sp³-hybridized carbons (Fsp3) is 0.467. The zero-order chi connectivity index (χ0) is 15.5.